The largest absolute Gasteiger partial charge is 0.509 e. The number of allylic oxidation sites excluding steroid dienone is 4. The van der Waals surface area contributed by atoms with E-state index in [0.29, 0.717) is 23.7 Å². The normalized spacial score (nSPS) is 54.5. The van der Waals surface area contributed by atoms with E-state index in [0.717, 1.165) is 6.42 Å². The molecule has 7 nitrogen and oxygen atoms in total. The third-order valence-corrected chi connectivity index (χ3v) is 14.4. The summed E-state index contributed by atoms with van der Waals surface area (Å²) in [5, 5.41) is 22.3. The van der Waals surface area contributed by atoms with E-state index in [4.69, 9.17) is 9.47 Å². The molecule has 1 unspecified atom stereocenters. The van der Waals surface area contributed by atoms with Gasteiger partial charge >= 0.3 is 12.1 Å². The number of halogens is 2. The van der Waals surface area contributed by atoms with Crippen LogP contribution in [0.15, 0.2) is 23.6 Å². The molecule has 230 valence electrons. The molecule has 9 heteroatoms. The third-order valence-electron chi connectivity index (χ3n) is 14.4. The van der Waals surface area contributed by atoms with Gasteiger partial charge in [-0.3, -0.25) is 4.79 Å². The topological polar surface area (TPSA) is 110 Å². The number of hydrogen-bond acceptors (Lipinski definition) is 6. The van der Waals surface area contributed by atoms with E-state index in [1.54, 1.807) is 13.8 Å². The molecule has 7 aliphatic carbocycles. The van der Waals surface area contributed by atoms with Gasteiger partial charge in [0.15, 0.2) is 11.5 Å². The number of carboxylic acids is 1. The Balaban J connectivity index is 1.20. The molecule has 7 rings (SSSR count). The van der Waals surface area contributed by atoms with E-state index in [1.165, 1.54) is 19.1 Å². The lowest BCUT2D eigenvalue weighted by molar-refractivity contribution is -0.227. The number of carbonyl (C=O) groups excluding carboxylic acids is 2. The van der Waals surface area contributed by atoms with Gasteiger partial charge in [-0.15, -0.1) is 0 Å². The molecule has 13 atom stereocenters. The highest BCUT2D eigenvalue weighted by molar-refractivity contribution is 5.93. The van der Waals surface area contributed by atoms with Gasteiger partial charge in [-0.1, -0.05) is 40.7 Å². The summed E-state index contributed by atoms with van der Waals surface area (Å²) < 4.78 is 45.0. The van der Waals surface area contributed by atoms with Crippen LogP contribution >= 0.6 is 0 Å². The number of aliphatic hydroxyl groups excluding tert-OH is 1. The van der Waals surface area contributed by atoms with Crippen LogP contribution in [-0.2, 0) is 19.1 Å². The first-order chi connectivity index (χ1) is 19.4. The van der Waals surface area contributed by atoms with E-state index in [9.17, 15) is 24.6 Å². The van der Waals surface area contributed by atoms with Crippen molar-refractivity contribution >= 4 is 17.9 Å². The Morgan fingerprint density at radius 3 is 2.40 bits per heavy atom. The molecule has 0 aromatic rings. The summed E-state index contributed by atoms with van der Waals surface area (Å²) in [5.74, 6) is -3.78. The molecule has 5 saturated carbocycles. The maximum absolute atomic E-state index is 17.5. The van der Waals surface area contributed by atoms with Crippen molar-refractivity contribution in [1.29, 1.82) is 0 Å². The summed E-state index contributed by atoms with van der Waals surface area (Å²) in [6.45, 7) is 11.4. The first-order valence-corrected chi connectivity index (χ1v) is 15.5. The Bertz CT molecular complexity index is 1370. The van der Waals surface area contributed by atoms with Crippen LogP contribution in [0.4, 0.5) is 13.6 Å². The van der Waals surface area contributed by atoms with E-state index >= 15 is 8.78 Å². The number of ketones is 1. The summed E-state index contributed by atoms with van der Waals surface area (Å²) >= 11 is 0. The van der Waals surface area contributed by atoms with Crippen molar-refractivity contribution in [3.8, 4) is 0 Å². The van der Waals surface area contributed by atoms with Gasteiger partial charge in [0, 0.05) is 35.5 Å². The molecule has 0 aromatic heterocycles. The average molecular weight is 589 g/mol. The standard InChI is InChI=1S/C33H42F2O7/c1-15-9-18-19-11-22(34)20-10-17(36)7-8-29(20,5)32(19,35)25(37)14-30(18,6)33(15,26(38)39)42-27(40)41-23-12-24-28(3,4)31(24)13-21(31)16(23)2/h7-8,15-16,18-19,21,23-25,37H,9-14H2,1-6H3,(H,38,39)/t15-,16+,18+,19+,21+,23+,24-,25+,29+,30+,31?,32+,33+/m1/s1. The van der Waals surface area contributed by atoms with Gasteiger partial charge in [0.2, 0.25) is 5.60 Å². The highest BCUT2D eigenvalue weighted by Crippen LogP contribution is 2.89. The van der Waals surface area contributed by atoms with Crippen LogP contribution in [0.25, 0.3) is 0 Å². The van der Waals surface area contributed by atoms with E-state index in [1.807, 2.05) is 0 Å². The van der Waals surface area contributed by atoms with Crippen molar-refractivity contribution in [1.82, 2.24) is 0 Å². The van der Waals surface area contributed by atoms with E-state index in [2.05, 4.69) is 20.8 Å². The van der Waals surface area contributed by atoms with Gasteiger partial charge in [0.05, 0.1) is 6.10 Å². The van der Waals surface area contributed by atoms with Crippen molar-refractivity contribution in [2.45, 2.75) is 104 Å². The lowest BCUT2D eigenvalue weighted by atomic mass is 9.45. The van der Waals surface area contributed by atoms with E-state index < -0.39 is 63.9 Å². The van der Waals surface area contributed by atoms with Crippen molar-refractivity contribution in [2.75, 3.05) is 0 Å². The smallest absolute Gasteiger partial charge is 0.478 e. The first kappa shape index (κ1) is 28.5. The second-order valence-electron chi connectivity index (χ2n) is 15.8. The number of rotatable bonds is 3. The summed E-state index contributed by atoms with van der Waals surface area (Å²) in [5.41, 5.74) is -6.80. The molecular formula is C33H42F2O7. The summed E-state index contributed by atoms with van der Waals surface area (Å²) in [6, 6.07) is 0. The van der Waals surface area contributed by atoms with Crippen LogP contribution in [0.2, 0.25) is 0 Å². The molecule has 2 N–H and O–H groups in total. The molecule has 42 heavy (non-hydrogen) atoms. The Kier molecular flexibility index (Phi) is 5.46. The minimum Gasteiger partial charge on any atom is -0.478 e. The van der Waals surface area contributed by atoms with Gasteiger partial charge in [0.25, 0.3) is 0 Å². The zero-order valence-corrected chi connectivity index (χ0v) is 25.2. The molecule has 0 radical (unpaired) electrons. The quantitative estimate of drug-likeness (QED) is 0.392. The van der Waals surface area contributed by atoms with Crippen molar-refractivity contribution in [3.63, 3.8) is 0 Å². The summed E-state index contributed by atoms with van der Waals surface area (Å²) in [6.07, 6.45) is 0.576. The van der Waals surface area contributed by atoms with Crippen LogP contribution in [0.5, 0.6) is 0 Å². The number of hydrogen-bond donors (Lipinski definition) is 2. The van der Waals surface area contributed by atoms with Crippen LogP contribution < -0.4 is 0 Å². The molecule has 0 amide bonds. The number of aliphatic hydroxyl groups is 1. The fraction of sp³-hybridized carbons (Fsp3) is 0.788. The molecule has 0 heterocycles. The Morgan fingerprint density at radius 2 is 1.74 bits per heavy atom. The molecule has 1 spiro atoms. The van der Waals surface area contributed by atoms with Crippen LogP contribution in [0.1, 0.15) is 80.1 Å². The maximum Gasteiger partial charge on any atom is 0.509 e. The predicted molar refractivity (Wildman–Crippen MR) is 146 cm³/mol. The molecule has 0 saturated heterocycles. The Labute approximate surface area is 245 Å². The number of ether oxygens (including phenoxy) is 2. The fourth-order valence-corrected chi connectivity index (χ4v) is 12.0. The van der Waals surface area contributed by atoms with Gasteiger partial charge in [-0.05, 0) is 78.8 Å². The predicted octanol–water partition coefficient (Wildman–Crippen LogP) is 5.95. The molecule has 7 aliphatic rings. The second kappa shape index (κ2) is 8.05. The Hall–Kier alpha value is -2.29. The fourth-order valence-electron chi connectivity index (χ4n) is 12.0. The van der Waals surface area contributed by atoms with Gasteiger partial charge < -0.3 is 19.7 Å². The zero-order chi connectivity index (χ0) is 30.6. The van der Waals surface area contributed by atoms with Crippen LogP contribution in [0.3, 0.4) is 0 Å². The highest BCUT2D eigenvalue weighted by Gasteiger charge is 2.85. The maximum atomic E-state index is 17.5. The lowest BCUT2D eigenvalue weighted by Gasteiger charge is -2.61. The van der Waals surface area contributed by atoms with E-state index in [-0.39, 0.29) is 54.5 Å². The summed E-state index contributed by atoms with van der Waals surface area (Å²) in [7, 11) is 0. The van der Waals surface area contributed by atoms with Gasteiger partial charge in [0.1, 0.15) is 11.9 Å². The number of alkyl halides is 1. The van der Waals surface area contributed by atoms with Crippen LogP contribution in [-0.4, -0.2) is 51.6 Å². The van der Waals surface area contributed by atoms with Gasteiger partial charge in [-0.25, -0.2) is 18.4 Å². The molecular weight excluding hydrogens is 546 g/mol. The van der Waals surface area contributed by atoms with Crippen molar-refractivity contribution < 1.29 is 42.9 Å². The van der Waals surface area contributed by atoms with Crippen LogP contribution in [0, 0.1) is 57.2 Å². The monoisotopic (exact) mass is 588 g/mol. The number of carbonyl (C=O) groups is 3. The zero-order valence-electron chi connectivity index (χ0n) is 25.2. The average Bonchev–Trinajstić information content (AvgIpc) is 3.74. The van der Waals surface area contributed by atoms with Crippen molar-refractivity contribution in [2.24, 2.45) is 57.2 Å². The summed E-state index contributed by atoms with van der Waals surface area (Å²) in [4.78, 5) is 38.8. The molecule has 0 bridgehead atoms. The molecule has 5 fully saturated rings. The molecule has 0 aliphatic heterocycles. The van der Waals surface area contributed by atoms with Crippen molar-refractivity contribution in [3.05, 3.63) is 23.6 Å². The highest BCUT2D eigenvalue weighted by atomic mass is 19.1. The minimum absolute atomic E-state index is 0.0481. The second-order valence-corrected chi connectivity index (χ2v) is 15.8. The molecule has 0 aromatic carbocycles. The lowest BCUT2D eigenvalue weighted by Crippen LogP contribution is -2.69. The Morgan fingerprint density at radius 1 is 1.05 bits per heavy atom. The minimum atomic E-state index is -2.33. The SMILES string of the molecule is C[C@@H]1[C@@H](OC(=O)O[C@]2(C(=O)O)[C@H](C)C[C@H]3[C@@H]4CC(F)=C5CC(=O)C=C[C@]5(C)[C@@]4(F)[C@@H](O)C[C@@]32C)C[C@@H]2C(C)(C)C23C[C@@H]13. The number of aliphatic carboxylic acids is 1. The third kappa shape index (κ3) is 2.93. The number of carboxylic acid groups (broad SMARTS) is 1. The van der Waals surface area contributed by atoms with Gasteiger partial charge in [-0.2, -0.15) is 0 Å². The number of fused-ring (bicyclic) bond motifs is 5. The first-order valence-electron chi connectivity index (χ1n) is 15.5.